The number of rotatable bonds is 3. The fraction of sp³-hybridized carbons (Fsp3) is 0.300. The maximum atomic E-state index is 5.67. The van der Waals surface area contributed by atoms with Crippen LogP contribution in [0.2, 0.25) is 5.15 Å². The summed E-state index contributed by atoms with van der Waals surface area (Å²) in [6.45, 7) is 6.64. The third-order valence-corrected chi connectivity index (χ3v) is 2.08. The zero-order valence-electron chi connectivity index (χ0n) is 7.92. The number of nitrogens with zero attached hydrogens (tertiary/aromatic N) is 2. The van der Waals surface area contributed by atoms with Gasteiger partial charge in [-0.3, -0.25) is 0 Å². The highest BCUT2D eigenvalue weighted by Crippen LogP contribution is 2.09. The molecule has 0 fully saturated rings. The van der Waals surface area contributed by atoms with Crippen molar-refractivity contribution in [1.29, 1.82) is 0 Å². The molecule has 13 heavy (non-hydrogen) atoms. The molecular formula is C10H13ClN2. The second-order valence-electron chi connectivity index (χ2n) is 3.08. The molecule has 0 aliphatic rings. The van der Waals surface area contributed by atoms with Gasteiger partial charge in [0.15, 0.2) is 0 Å². The number of allylic oxidation sites excluding steroid dienone is 1. The molecule has 1 rings (SSSR count). The van der Waals surface area contributed by atoms with E-state index in [1.807, 2.05) is 20.0 Å². The molecule has 0 bridgehead atoms. The van der Waals surface area contributed by atoms with Gasteiger partial charge in [0.25, 0.3) is 0 Å². The summed E-state index contributed by atoms with van der Waals surface area (Å²) in [5.74, 6) is 0. The van der Waals surface area contributed by atoms with E-state index in [0.717, 1.165) is 17.8 Å². The minimum absolute atomic E-state index is 0.529. The van der Waals surface area contributed by atoms with E-state index in [-0.39, 0.29) is 0 Å². The second-order valence-corrected chi connectivity index (χ2v) is 3.47. The summed E-state index contributed by atoms with van der Waals surface area (Å²) < 4.78 is 0. The third-order valence-electron chi connectivity index (χ3n) is 1.86. The summed E-state index contributed by atoms with van der Waals surface area (Å²) in [6, 6.07) is 3.76. The molecule has 2 nitrogen and oxygen atoms in total. The Kier molecular flexibility index (Phi) is 3.32. The SMILES string of the molecule is C=C(C)N(C)Cc1ccc(Cl)nc1. The average molecular weight is 197 g/mol. The summed E-state index contributed by atoms with van der Waals surface area (Å²) in [4.78, 5) is 6.06. The van der Waals surface area contributed by atoms with Gasteiger partial charge in [-0.25, -0.2) is 4.98 Å². The van der Waals surface area contributed by atoms with Crippen LogP contribution in [0, 0.1) is 0 Å². The lowest BCUT2D eigenvalue weighted by Crippen LogP contribution is -2.14. The zero-order chi connectivity index (χ0) is 9.84. The van der Waals surface area contributed by atoms with Crippen molar-refractivity contribution in [2.45, 2.75) is 13.5 Å². The van der Waals surface area contributed by atoms with Crippen LogP contribution in [0.1, 0.15) is 12.5 Å². The molecule has 0 aromatic carbocycles. The van der Waals surface area contributed by atoms with Crippen LogP contribution in [0.4, 0.5) is 0 Å². The van der Waals surface area contributed by atoms with Gasteiger partial charge in [0.05, 0.1) is 0 Å². The van der Waals surface area contributed by atoms with Crippen molar-refractivity contribution >= 4 is 11.6 Å². The molecule has 1 aromatic rings. The molecule has 1 aromatic heterocycles. The Balaban J connectivity index is 2.64. The summed E-state index contributed by atoms with van der Waals surface area (Å²) in [7, 11) is 2.00. The topological polar surface area (TPSA) is 16.1 Å². The standard InChI is InChI=1S/C10H13ClN2/c1-8(2)13(3)7-9-4-5-10(11)12-6-9/h4-6H,1,7H2,2-3H3. The minimum Gasteiger partial charge on any atom is -0.374 e. The van der Waals surface area contributed by atoms with Crippen molar-refractivity contribution in [2.75, 3.05) is 7.05 Å². The van der Waals surface area contributed by atoms with Crippen molar-refractivity contribution < 1.29 is 0 Å². The van der Waals surface area contributed by atoms with Gasteiger partial charge in [-0.05, 0) is 18.6 Å². The van der Waals surface area contributed by atoms with Gasteiger partial charge >= 0.3 is 0 Å². The first-order chi connectivity index (χ1) is 6.09. The normalized spacial score (nSPS) is 9.77. The molecule has 0 spiro atoms. The van der Waals surface area contributed by atoms with E-state index in [0.29, 0.717) is 5.15 Å². The Hall–Kier alpha value is -1.02. The predicted octanol–water partition coefficient (Wildman–Crippen LogP) is 2.70. The first-order valence-electron chi connectivity index (χ1n) is 4.06. The Morgan fingerprint density at radius 2 is 2.31 bits per heavy atom. The van der Waals surface area contributed by atoms with Crippen LogP contribution in [0.25, 0.3) is 0 Å². The lowest BCUT2D eigenvalue weighted by Gasteiger charge is -2.18. The molecule has 0 radical (unpaired) electrons. The second kappa shape index (κ2) is 4.28. The largest absolute Gasteiger partial charge is 0.374 e. The Bertz CT molecular complexity index is 292. The summed E-state index contributed by atoms with van der Waals surface area (Å²) in [5.41, 5.74) is 2.17. The van der Waals surface area contributed by atoms with E-state index < -0.39 is 0 Å². The molecule has 70 valence electrons. The van der Waals surface area contributed by atoms with Crippen molar-refractivity contribution in [3.8, 4) is 0 Å². The lowest BCUT2D eigenvalue weighted by molar-refractivity contribution is 0.414. The molecule has 0 unspecified atom stereocenters. The summed E-state index contributed by atoms with van der Waals surface area (Å²) >= 11 is 5.67. The van der Waals surface area contributed by atoms with Gasteiger partial charge in [-0.1, -0.05) is 24.2 Å². The maximum absolute atomic E-state index is 5.67. The van der Waals surface area contributed by atoms with Gasteiger partial charge < -0.3 is 4.90 Å². The molecule has 0 aliphatic carbocycles. The van der Waals surface area contributed by atoms with Crippen LogP contribution in [0.5, 0.6) is 0 Å². The van der Waals surface area contributed by atoms with Gasteiger partial charge in [0.2, 0.25) is 0 Å². The minimum atomic E-state index is 0.529. The van der Waals surface area contributed by atoms with Gasteiger partial charge in [0, 0.05) is 25.5 Å². The molecular weight excluding hydrogens is 184 g/mol. The number of hydrogen-bond donors (Lipinski definition) is 0. The first kappa shape index (κ1) is 10.1. The Labute approximate surface area is 83.8 Å². The van der Waals surface area contributed by atoms with Crippen molar-refractivity contribution in [2.24, 2.45) is 0 Å². The fourth-order valence-corrected chi connectivity index (χ4v) is 1.02. The third kappa shape index (κ3) is 3.07. The molecule has 0 saturated heterocycles. The maximum Gasteiger partial charge on any atom is 0.129 e. The summed E-state index contributed by atoms with van der Waals surface area (Å²) in [6.07, 6.45) is 1.78. The Morgan fingerprint density at radius 1 is 1.62 bits per heavy atom. The van der Waals surface area contributed by atoms with E-state index >= 15 is 0 Å². The van der Waals surface area contributed by atoms with Crippen LogP contribution >= 0.6 is 11.6 Å². The number of pyridine rings is 1. The van der Waals surface area contributed by atoms with E-state index in [1.165, 1.54) is 0 Å². The zero-order valence-corrected chi connectivity index (χ0v) is 8.67. The first-order valence-corrected chi connectivity index (χ1v) is 4.44. The van der Waals surface area contributed by atoms with E-state index in [1.54, 1.807) is 12.3 Å². The molecule has 3 heteroatoms. The van der Waals surface area contributed by atoms with Crippen molar-refractivity contribution in [1.82, 2.24) is 9.88 Å². The van der Waals surface area contributed by atoms with Crippen LogP contribution in [-0.2, 0) is 6.54 Å². The van der Waals surface area contributed by atoms with Crippen LogP contribution in [-0.4, -0.2) is 16.9 Å². The molecule has 0 aliphatic heterocycles. The highest BCUT2D eigenvalue weighted by atomic mass is 35.5. The van der Waals surface area contributed by atoms with Crippen LogP contribution in [0.3, 0.4) is 0 Å². The van der Waals surface area contributed by atoms with Gasteiger partial charge in [0.1, 0.15) is 5.15 Å². The lowest BCUT2D eigenvalue weighted by atomic mass is 10.2. The van der Waals surface area contributed by atoms with Gasteiger partial charge in [-0.2, -0.15) is 0 Å². The molecule has 1 heterocycles. The van der Waals surface area contributed by atoms with E-state index in [2.05, 4.69) is 16.5 Å². The monoisotopic (exact) mass is 196 g/mol. The smallest absolute Gasteiger partial charge is 0.129 e. The van der Waals surface area contributed by atoms with E-state index in [9.17, 15) is 0 Å². The highest BCUT2D eigenvalue weighted by Gasteiger charge is 1.99. The van der Waals surface area contributed by atoms with Crippen molar-refractivity contribution in [3.05, 3.63) is 41.3 Å². The Morgan fingerprint density at radius 3 is 2.77 bits per heavy atom. The van der Waals surface area contributed by atoms with Crippen molar-refractivity contribution in [3.63, 3.8) is 0 Å². The van der Waals surface area contributed by atoms with Gasteiger partial charge in [-0.15, -0.1) is 0 Å². The van der Waals surface area contributed by atoms with Crippen LogP contribution in [0.15, 0.2) is 30.6 Å². The van der Waals surface area contributed by atoms with E-state index in [4.69, 9.17) is 11.6 Å². The number of halogens is 1. The molecule has 0 N–H and O–H groups in total. The average Bonchev–Trinajstić information content (AvgIpc) is 2.08. The molecule has 0 atom stereocenters. The van der Waals surface area contributed by atoms with Crippen LogP contribution < -0.4 is 0 Å². The fourth-order valence-electron chi connectivity index (χ4n) is 0.909. The molecule has 0 amide bonds. The summed E-state index contributed by atoms with van der Waals surface area (Å²) in [5, 5.41) is 0.529. The number of hydrogen-bond acceptors (Lipinski definition) is 2. The quantitative estimate of drug-likeness (QED) is 0.692. The highest BCUT2D eigenvalue weighted by molar-refractivity contribution is 6.29. The molecule has 0 saturated carbocycles. The predicted molar refractivity (Wildman–Crippen MR) is 55.5 cm³/mol. The number of aromatic nitrogens is 1.